The largest absolute Gasteiger partial charge is 0.780 e. The van der Waals surface area contributed by atoms with Gasteiger partial charge in [-0.2, -0.15) is 0 Å². The molecule has 0 spiro atoms. The van der Waals surface area contributed by atoms with E-state index in [1.54, 1.807) is 55.4 Å². The predicted octanol–water partition coefficient (Wildman–Crippen LogP) is 9.07. The van der Waals surface area contributed by atoms with E-state index in [9.17, 15) is 9.79 Å². The Morgan fingerprint density at radius 2 is 0.682 bits per heavy atom. The first kappa shape index (κ1) is 53.7. The molecule has 272 valence electrons. The van der Waals surface area contributed by atoms with Crippen molar-refractivity contribution in [2.24, 2.45) is 0 Å². The van der Waals surface area contributed by atoms with Gasteiger partial charge in [0.05, 0.1) is 54.5 Å². The summed E-state index contributed by atoms with van der Waals surface area (Å²) in [6, 6.07) is 0. The third-order valence-corrected chi connectivity index (χ3v) is 11.4. The minimum absolute atomic E-state index is 0.0529. The van der Waals surface area contributed by atoms with Crippen LogP contribution in [0.2, 0.25) is 0 Å². The molecule has 0 aromatic carbocycles. The molecule has 0 bridgehead atoms. The molecule has 0 aliphatic rings. The van der Waals surface area contributed by atoms with Crippen LogP contribution in [0, 0.1) is 0 Å². The lowest BCUT2D eigenvalue weighted by Gasteiger charge is -2.31. The van der Waals surface area contributed by atoms with Crippen molar-refractivity contribution in [2.75, 3.05) is 0 Å². The van der Waals surface area contributed by atoms with Gasteiger partial charge in [0, 0.05) is 0 Å². The highest BCUT2D eigenvalue weighted by atomic mass is 32.9. The summed E-state index contributed by atoms with van der Waals surface area (Å²) in [5.41, 5.74) is -4.67. The lowest BCUT2D eigenvalue weighted by molar-refractivity contribution is -0.212. The smallest absolute Gasteiger partial charge is 0.325 e. The SMILES string of the molecule is CC(C)OP(=S)(S)OC(C)C.CC(C)OP(=S)([S-])OC(C)C.CC(C)OP(O)(=S)OC(C)C.CC(C)OP([O-])(=S)OC(C)C. The zero-order valence-corrected chi connectivity index (χ0v) is 37.6. The summed E-state index contributed by atoms with van der Waals surface area (Å²) in [5.74, 6) is 0. The molecule has 0 rings (SSSR count). The Hall–Kier alpha value is 2.90. The molecule has 10 nitrogen and oxygen atoms in total. The summed E-state index contributed by atoms with van der Waals surface area (Å²) in [4.78, 5) is 20.5. The molecule has 0 aromatic rings. The van der Waals surface area contributed by atoms with E-state index >= 15 is 0 Å². The van der Waals surface area contributed by atoms with Gasteiger partial charge >= 0.3 is 6.72 Å². The van der Waals surface area contributed by atoms with Crippen molar-refractivity contribution in [3.8, 4) is 0 Å². The molecular weight excluding hydrogens is 765 g/mol. The van der Waals surface area contributed by atoms with Crippen molar-refractivity contribution in [3.05, 3.63) is 0 Å². The molecule has 0 atom stereocenters. The van der Waals surface area contributed by atoms with Gasteiger partial charge in [0.2, 0.25) is 5.69 Å². The molecule has 0 aliphatic heterocycles. The predicted molar refractivity (Wildman–Crippen MR) is 205 cm³/mol. The van der Waals surface area contributed by atoms with Crippen LogP contribution >= 0.6 is 37.1 Å². The van der Waals surface area contributed by atoms with E-state index < -0.39 is 24.8 Å². The average molecular weight is 823 g/mol. The van der Waals surface area contributed by atoms with Crippen LogP contribution in [-0.2, 0) is 95.7 Å². The van der Waals surface area contributed by atoms with E-state index in [0.29, 0.717) is 0 Å². The number of hydrogen-bond acceptors (Lipinski definition) is 14. The second-order valence-corrected chi connectivity index (χ2v) is 26.6. The standard InChI is InChI=1S/2C6H15O3PS.2C6H15O2PS2/c2*1-5(2)8-10(7,11)9-6(3)4;2*1-5(2)7-9(10,11)8-6(3)4/h2*5-6H,1-4H3,(H,7,11);2*5-6H,1-4H3,(H,10,11)/p-2. The topological polar surface area (TPSA) is 117 Å². The summed E-state index contributed by atoms with van der Waals surface area (Å²) in [6.45, 7) is 23.4. The minimum Gasteiger partial charge on any atom is -0.780 e. The maximum absolute atomic E-state index is 11.2. The maximum Gasteiger partial charge on any atom is 0.325 e. The lowest BCUT2D eigenvalue weighted by atomic mass is 10.5. The highest BCUT2D eigenvalue weighted by Gasteiger charge is 2.18. The summed E-state index contributed by atoms with van der Waals surface area (Å²) in [7, 11) is 0. The summed E-state index contributed by atoms with van der Waals surface area (Å²) >= 11 is 28.5. The first-order chi connectivity index (χ1) is 19.3. The first-order valence-corrected chi connectivity index (χ1v) is 26.7. The van der Waals surface area contributed by atoms with Crippen LogP contribution in [0.5, 0.6) is 0 Å². The van der Waals surface area contributed by atoms with Gasteiger partial charge in [0.1, 0.15) is 6.72 Å². The quantitative estimate of drug-likeness (QED) is 0.0875. The maximum atomic E-state index is 11.2. The fourth-order valence-electron chi connectivity index (χ4n) is 2.20. The Morgan fingerprint density at radius 1 is 0.477 bits per heavy atom. The lowest BCUT2D eigenvalue weighted by Crippen LogP contribution is -2.15. The van der Waals surface area contributed by atoms with Crippen LogP contribution in [0.25, 0.3) is 0 Å². The molecular formula is C24H58O10P4S6-2. The molecule has 0 amide bonds. The summed E-state index contributed by atoms with van der Waals surface area (Å²) in [5, 5.41) is 0. The van der Waals surface area contributed by atoms with E-state index in [-0.39, 0.29) is 48.8 Å². The highest BCUT2D eigenvalue weighted by Crippen LogP contribution is 2.55. The van der Waals surface area contributed by atoms with Crippen LogP contribution in [0.1, 0.15) is 111 Å². The van der Waals surface area contributed by atoms with Crippen LogP contribution in [0.3, 0.4) is 0 Å². The molecule has 0 aromatic heterocycles. The molecule has 0 saturated carbocycles. The highest BCUT2D eigenvalue weighted by molar-refractivity contribution is 8.60. The van der Waals surface area contributed by atoms with Gasteiger partial charge in [0.25, 0.3) is 0 Å². The van der Waals surface area contributed by atoms with E-state index in [0.717, 1.165) is 0 Å². The van der Waals surface area contributed by atoms with Crippen molar-refractivity contribution in [1.82, 2.24) is 0 Å². The van der Waals surface area contributed by atoms with Gasteiger partial charge in [-0.15, -0.1) is 0 Å². The number of hydrogen-bond donors (Lipinski definition) is 2. The van der Waals surface area contributed by atoms with Crippen LogP contribution in [0.15, 0.2) is 0 Å². The van der Waals surface area contributed by atoms with Crippen molar-refractivity contribution >= 4 is 96.5 Å². The van der Waals surface area contributed by atoms with E-state index in [1.165, 1.54) is 0 Å². The third-order valence-electron chi connectivity index (χ3n) is 2.74. The average Bonchev–Trinajstić information content (AvgIpc) is 2.59. The Bertz CT molecular complexity index is 722. The zero-order valence-electron chi connectivity index (χ0n) is 29.0. The first-order valence-electron chi connectivity index (χ1n) is 14.1. The molecule has 0 saturated heterocycles. The Labute approximate surface area is 300 Å². The monoisotopic (exact) mass is 822 g/mol. The fourth-order valence-corrected chi connectivity index (χ4v) is 12.9. The van der Waals surface area contributed by atoms with Crippen molar-refractivity contribution < 1.29 is 46.0 Å². The van der Waals surface area contributed by atoms with Gasteiger partial charge in [-0.25, -0.2) is 0 Å². The van der Waals surface area contributed by atoms with Crippen molar-refractivity contribution in [2.45, 2.75) is 160 Å². The Balaban J connectivity index is -0.000000242. The normalized spacial score (nSPS) is 13.0. The second-order valence-electron chi connectivity index (χ2n) is 11.1. The molecule has 0 unspecified atom stereocenters. The number of thiol groups is 1. The number of rotatable bonds is 16. The molecule has 44 heavy (non-hydrogen) atoms. The van der Waals surface area contributed by atoms with Crippen LogP contribution in [-0.4, -0.2) is 53.7 Å². The minimum atomic E-state index is -3.22. The van der Waals surface area contributed by atoms with Crippen LogP contribution in [0.4, 0.5) is 0 Å². The summed E-state index contributed by atoms with van der Waals surface area (Å²) in [6.07, 6.45) is -0.230. The molecule has 0 fully saturated rings. The molecule has 0 radical (unpaired) electrons. The zero-order chi connectivity index (χ0) is 36.3. The van der Waals surface area contributed by atoms with E-state index in [1.807, 2.05) is 55.4 Å². The Morgan fingerprint density at radius 3 is 0.864 bits per heavy atom. The fraction of sp³-hybridized carbons (Fsp3) is 1.00. The molecule has 0 heterocycles. The third kappa shape index (κ3) is 47.0. The van der Waals surface area contributed by atoms with Crippen molar-refractivity contribution in [3.63, 3.8) is 0 Å². The molecule has 1 N–H and O–H groups in total. The van der Waals surface area contributed by atoms with E-state index in [4.69, 9.17) is 83.9 Å². The van der Waals surface area contributed by atoms with Gasteiger partial charge in [-0.3, -0.25) is 0 Å². The van der Waals surface area contributed by atoms with E-state index in [2.05, 4.69) is 24.1 Å². The van der Waals surface area contributed by atoms with Gasteiger partial charge in [-0.1, -0.05) is 35.9 Å². The van der Waals surface area contributed by atoms with Gasteiger partial charge in [-0.05, 0) is 134 Å². The van der Waals surface area contributed by atoms with Crippen molar-refractivity contribution in [1.29, 1.82) is 0 Å². The Kier molecular flexibility index (Phi) is 32.5. The molecule has 0 aliphatic carbocycles. The molecule has 20 heteroatoms. The van der Waals surface area contributed by atoms with Gasteiger partial charge < -0.3 is 58.2 Å². The summed E-state index contributed by atoms with van der Waals surface area (Å²) < 4.78 is 41.0. The van der Waals surface area contributed by atoms with Gasteiger partial charge in [0.15, 0.2) is 0 Å². The van der Waals surface area contributed by atoms with Crippen LogP contribution < -0.4 is 4.89 Å². The second kappa shape index (κ2) is 26.7.